The van der Waals surface area contributed by atoms with Crippen LogP contribution in [0.4, 0.5) is 4.39 Å². The number of nitrogens with two attached hydrogens (primary N) is 1. The van der Waals surface area contributed by atoms with Crippen molar-refractivity contribution in [3.8, 4) is 0 Å². The molecule has 1 aromatic rings. The molecule has 21 heavy (non-hydrogen) atoms. The highest BCUT2D eigenvalue weighted by Crippen LogP contribution is 2.27. The maximum Gasteiger partial charge on any atom is 0.147 e. The second-order valence-electron chi connectivity index (χ2n) is 5.47. The van der Waals surface area contributed by atoms with Gasteiger partial charge in [0.05, 0.1) is 8.07 Å². The second kappa shape index (κ2) is 8.01. The van der Waals surface area contributed by atoms with E-state index >= 15 is 0 Å². The first kappa shape index (κ1) is 21.0. The molecule has 3 N–H and O–H groups in total. The van der Waals surface area contributed by atoms with E-state index in [4.69, 9.17) is 5.73 Å². The van der Waals surface area contributed by atoms with Crippen molar-refractivity contribution < 1.29 is 9.50 Å². The molecule has 0 saturated carbocycles. The van der Waals surface area contributed by atoms with E-state index in [0.717, 1.165) is 23.3 Å². The Bertz CT molecular complexity index is 476. The molecular formula is C14H25BrClFN2OSi. The van der Waals surface area contributed by atoms with E-state index in [-0.39, 0.29) is 30.5 Å². The minimum atomic E-state index is -1.89. The van der Waals surface area contributed by atoms with E-state index in [1.54, 1.807) is 6.07 Å². The van der Waals surface area contributed by atoms with Gasteiger partial charge in [-0.15, -0.1) is 12.4 Å². The van der Waals surface area contributed by atoms with E-state index in [2.05, 4.69) is 41.7 Å². The lowest BCUT2D eigenvalue weighted by Crippen LogP contribution is -2.49. The third-order valence-corrected chi connectivity index (χ3v) is 10.4. The van der Waals surface area contributed by atoms with Gasteiger partial charge in [-0.3, -0.25) is 0 Å². The first-order valence-electron chi connectivity index (χ1n) is 7.07. The Morgan fingerprint density at radius 3 is 2.19 bits per heavy atom. The highest BCUT2D eigenvalue weighted by atomic mass is 79.9. The molecule has 1 aromatic heterocycles. The molecule has 7 heteroatoms. The molecule has 122 valence electrons. The van der Waals surface area contributed by atoms with Gasteiger partial charge in [0.25, 0.3) is 0 Å². The van der Waals surface area contributed by atoms with Crippen molar-refractivity contribution in [2.45, 2.75) is 51.4 Å². The smallest absolute Gasteiger partial charge is 0.147 e. The minimum absolute atomic E-state index is 0. The van der Waals surface area contributed by atoms with E-state index < -0.39 is 13.7 Å². The van der Waals surface area contributed by atoms with Crippen LogP contribution in [0.25, 0.3) is 0 Å². The van der Waals surface area contributed by atoms with Gasteiger partial charge in [0, 0.05) is 6.54 Å². The Kier molecular flexibility index (Phi) is 8.01. The van der Waals surface area contributed by atoms with Gasteiger partial charge in [0.1, 0.15) is 21.7 Å². The average molecular weight is 400 g/mol. The van der Waals surface area contributed by atoms with Crippen LogP contribution in [0.3, 0.4) is 0 Å². The standard InChI is InChI=1S/C14H24BrFN2OSi.ClH/c1-5-20(6-2,7-3)10-8-11(15)18-13(12(10)16)14(4,19)9-17;/h8,19H,5-7,9,17H2,1-4H3;1H. The third kappa shape index (κ3) is 4.04. The molecule has 0 aromatic carbocycles. The van der Waals surface area contributed by atoms with E-state index in [0.29, 0.717) is 4.60 Å². The van der Waals surface area contributed by atoms with Gasteiger partial charge in [-0.05, 0) is 34.1 Å². The molecule has 0 bridgehead atoms. The fourth-order valence-corrected chi connectivity index (χ4v) is 6.95. The summed E-state index contributed by atoms with van der Waals surface area (Å²) in [5, 5.41) is 11.0. The topological polar surface area (TPSA) is 59.1 Å². The summed E-state index contributed by atoms with van der Waals surface area (Å²) in [5.41, 5.74) is 4.16. The normalized spacial score (nSPS) is 14.5. The number of rotatable bonds is 6. The number of aliphatic hydroxyl groups is 1. The van der Waals surface area contributed by atoms with Gasteiger partial charge in [0.2, 0.25) is 0 Å². The quantitative estimate of drug-likeness (QED) is 0.570. The molecule has 1 atom stereocenters. The molecule has 1 unspecified atom stereocenters. The van der Waals surface area contributed by atoms with Crippen molar-refractivity contribution in [2.24, 2.45) is 5.73 Å². The molecule has 0 aliphatic rings. The Morgan fingerprint density at radius 1 is 1.33 bits per heavy atom. The molecule has 3 nitrogen and oxygen atoms in total. The van der Waals surface area contributed by atoms with Crippen LogP contribution in [0.5, 0.6) is 0 Å². The maximum absolute atomic E-state index is 14.9. The molecule has 1 heterocycles. The van der Waals surface area contributed by atoms with E-state index in [1.807, 2.05) is 0 Å². The summed E-state index contributed by atoms with van der Waals surface area (Å²) < 4.78 is 15.5. The van der Waals surface area contributed by atoms with Crippen molar-refractivity contribution >= 4 is 41.6 Å². The Labute approximate surface area is 142 Å². The summed E-state index contributed by atoms with van der Waals surface area (Å²) in [6.45, 7) is 7.79. The first-order valence-corrected chi connectivity index (χ1v) is 10.5. The van der Waals surface area contributed by atoms with Crippen LogP contribution < -0.4 is 10.9 Å². The SMILES string of the molecule is CC[Si](CC)(CC)c1cc(Br)nc(C(C)(O)CN)c1F.Cl. The summed E-state index contributed by atoms with van der Waals surface area (Å²) in [7, 11) is -1.89. The Morgan fingerprint density at radius 2 is 1.81 bits per heavy atom. The van der Waals surface area contributed by atoms with E-state index in [1.165, 1.54) is 6.92 Å². The Balaban J connectivity index is 0.00000400. The molecule has 0 spiro atoms. The lowest BCUT2D eigenvalue weighted by molar-refractivity contribution is 0.0580. The van der Waals surface area contributed by atoms with Crippen LogP contribution >= 0.6 is 28.3 Å². The van der Waals surface area contributed by atoms with Gasteiger partial charge < -0.3 is 10.8 Å². The van der Waals surface area contributed by atoms with Crippen LogP contribution in [-0.2, 0) is 5.60 Å². The summed E-state index contributed by atoms with van der Waals surface area (Å²) >= 11 is 3.34. The fourth-order valence-electron chi connectivity index (χ4n) is 2.66. The number of nitrogens with zero attached hydrogens (tertiary/aromatic N) is 1. The second-order valence-corrected chi connectivity index (χ2v) is 11.5. The van der Waals surface area contributed by atoms with Crippen LogP contribution in [0.1, 0.15) is 33.4 Å². The summed E-state index contributed by atoms with van der Waals surface area (Å²) in [4.78, 5) is 4.13. The lowest BCUT2D eigenvalue weighted by Gasteiger charge is -2.31. The van der Waals surface area contributed by atoms with Crippen molar-refractivity contribution in [3.63, 3.8) is 0 Å². The molecule has 0 radical (unpaired) electrons. The van der Waals surface area contributed by atoms with Gasteiger partial charge in [0.15, 0.2) is 0 Å². The fraction of sp³-hybridized carbons (Fsp3) is 0.643. The van der Waals surface area contributed by atoms with Crippen LogP contribution in [-0.4, -0.2) is 24.7 Å². The largest absolute Gasteiger partial charge is 0.382 e. The predicted molar refractivity (Wildman–Crippen MR) is 94.6 cm³/mol. The molecule has 1 rings (SSSR count). The van der Waals surface area contributed by atoms with Gasteiger partial charge in [-0.25, -0.2) is 9.37 Å². The van der Waals surface area contributed by atoms with Gasteiger partial charge in [-0.1, -0.05) is 38.9 Å². The zero-order chi connectivity index (χ0) is 15.6. The van der Waals surface area contributed by atoms with Gasteiger partial charge >= 0.3 is 0 Å². The maximum atomic E-state index is 14.9. The van der Waals surface area contributed by atoms with Crippen molar-refractivity contribution in [1.29, 1.82) is 0 Å². The number of aromatic nitrogens is 1. The zero-order valence-electron chi connectivity index (χ0n) is 13.0. The molecular weight excluding hydrogens is 375 g/mol. The van der Waals surface area contributed by atoms with Crippen molar-refractivity contribution in [2.75, 3.05) is 6.54 Å². The van der Waals surface area contributed by atoms with Crippen LogP contribution in [0.2, 0.25) is 18.1 Å². The third-order valence-electron chi connectivity index (χ3n) is 4.44. The molecule has 0 saturated heterocycles. The summed E-state index contributed by atoms with van der Waals surface area (Å²) in [6.07, 6.45) is 0. The summed E-state index contributed by atoms with van der Waals surface area (Å²) in [5.74, 6) is -0.374. The molecule has 0 fully saturated rings. The average Bonchev–Trinajstić information content (AvgIpc) is 2.44. The number of hydrogen-bond donors (Lipinski definition) is 2. The highest BCUT2D eigenvalue weighted by Gasteiger charge is 2.37. The van der Waals surface area contributed by atoms with Crippen molar-refractivity contribution in [1.82, 2.24) is 4.98 Å². The number of pyridine rings is 1. The number of halogens is 3. The number of hydrogen-bond acceptors (Lipinski definition) is 3. The zero-order valence-corrected chi connectivity index (χ0v) is 16.4. The van der Waals surface area contributed by atoms with E-state index in [9.17, 15) is 9.50 Å². The van der Waals surface area contributed by atoms with Gasteiger partial charge in [-0.2, -0.15) is 0 Å². The molecule has 0 aliphatic carbocycles. The van der Waals surface area contributed by atoms with Crippen LogP contribution in [0.15, 0.2) is 10.7 Å². The molecule has 0 aliphatic heterocycles. The van der Waals surface area contributed by atoms with Crippen LogP contribution in [0, 0.1) is 5.82 Å². The summed E-state index contributed by atoms with van der Waals surface area (Å²) in [6, 6.07) is 4.70. The highest BCUT2D eigenvalue weighted by molar-refractivity contribution is 9.10. The predicted octanol–water partition coefficient (Wildman–Crippen LogP) is 3.29. The lowest BCUT2D eigenvalue weighted by atomic mass is 10.0. The molecule has 0 amide bonds. The first-order chi connectivity index (χ1) is 9.27. The minimum Gasteiger partial charge on any atom is -0.382 e. The Hall–Kier alpha value is -0.0131. The monoisotopic (exact) mass is 398 g/mol. The van der Waals surface area contributed by atoms with Crippen molar-refractivity contribution in [3.05, 3.63) is 22.2 Å².